The van der Waals surface area contributed by atoms with Crippen molar-refractivity contribution in [3.8, 4) is 0 Å². The van der Waals surface area contributed by atoms with Gasteiger partial charge in [0.2, 0.25) is 5.95 Å². The van der Waals surface area contributed by atoms with E-state index in [0.717, 1.165) is 30.5 Å². The van der Waals surface area contributed by atoms with Crippen molar-refractivity contribution in [3.05, 3.63) is 24.3 Å². The van der Waals surface area contributed by atoms with Gasteiger partial charge in [-0.2, -0.15) is 0 Å². The molecule has 0 radical (unpaired) electrons. The van der Waals surface area contributed by atoms with Gasteiger partial charge in [-0.15, -0.1) is 0 Å². The summed E-state index contributed by atoms with van der Waals surface area (Å²) in [6, 6.07) is 8.62. The average Bonchev–Trinajstić information content (AvgIpc) is 2.98. The molecular formula is C17H21N5O. The fraction of sp³-hybridized carbons (Fsp3) is 0.529. The third kappa shape index (κ3) is 2.20. The molecule has 3 saturated heterocycles. The minimum atomic E-state index is -0.0490. The number of piperidine rings is 3. The molecule has 2 N–H and O–H groups in total. The summed E-state index contributed by atoms with van der Waals surface area (Å²) >= 11 is 0. The first-order valence-electron chi connectivity index (χ1n) is 8.48. The van der Waals surface area contributed by atoms with Crippen molar-refractivity contribution in [2.75, 3.05) is 31.5 Å². The summed E-state index contributed by atoms with van der Waals surface area (Å²) in [5, 5.41) is 3.24. The molecule has 0 saturated carbocycles. The number of amidine groups is 1. The monoisotopic (exact) mass is 311 g/mol. The lowest BCUT2D eigenvalue weighted by Crippen LogP contribution is -2.62. The number of aromatic amines is 1. The minimum absolute atomic E-state index is 0.0490. The second kappa shape index (κ2) is 4.96. The maximum atomic E-state index is 6.39. The number of fused-ring (bicyclic) bond motifs is 3. The molecule has 1 aromatic carbocycles. The van der Waals surface area contributed by atoms with Gasteiger partial charge in [0.05, 0.1) is 11.0 Å². The van der Waals surface area contributed by atoms with Gasteiger partial charge in [0.15, 0.2) is 0 Å². The van der Waals surface area contributed by atoms with Gasteiger partial charge in [-0.05, 0) is 38.1 Å². The number of benzene rings is 1. The van der Waals surface area contributed by atoms with Crippen molar-refractivity contribution in [1.29, 1.82) is 0 Å². The van der Waals surface area contributed by atoms with Gasteiger partial charge < -0.3 is 9.72 Å². The van der Waals surface area contributed by atoms with Crippen LogP contribution in [0.5, 0.6) is 0 Å². The zero-order chi connectivity index (χ0) is 15.3. The molecule has 1 unspecified atom stereocenters. The number of nitrogens with one attached hydrogen (secondary N) is 2. The Kier molecular flexibility index (Phi) is 2.88. The molecule has 3 fully saturated rings. The number of nitrogens with zero attached hydrogens (tertiary/aromatic N) is 3. The van der Waals surface area contributed by atoms with Crippen LogP contribution in [0.15, 0.2) is 29.3 Å². The van der Waals surface area contributed by atoms with Crippen molar-refractivity contribution >= 4 is 23.0 Å². The zero-order valence-corrected chi connectivity index (χ0v) is 13.1. The number of hydrogen-bond donors (Lipinski definition) is 2. The lowest BCUT2D eigenvalue weighted by atomic mass is 9.73. The molecule has 1 spiro atoms. The van der Waals surface area contributed by atoms with Crippen LogP contribution >= 0.6 is 0 Å². The van der Waals surface area contributed by atoms with E-state index >= 15 is 0 Å². The predicted molar refractivity (Wildman–Crippen MR) is 89.6 cm³/mol. The van der Waals surface area contributed by atoms with Crippen LogP contribution in [-0.2, 0) is 4.74 Å². The van der Waals surface area contributed by atoms with E-state index < -0.39 is 0 Å². The molecule has 1 atom stereocenters. The van der Waals surface area contributed by atoms with E-state index in [1.807, 2.05) is 24.3 Å². The van der Waals surface area contributed by atoms with E-state index in [0.29, 0.717) is 17.9 Å². The SMILES string of the molecule is c1ccc2[nH]c(NC3=NCCC4(CN5CCC4CC5)O3)nc2c1. The normalized spacial score (nSPS) is 32.8. The number of anilines is 1. The first kappa shape index (κ1) is 13.4. The largest absolute Gasteiger partial charge is 0.457 e. The fourth-order valence-electron chi connectivity index (χ4n) is 4.32. The second-order valence-corrected chi connectivity index (χ2v) is 6.88. The highest BCUT2D eigenvalue weighted by Gasteiger charge is 2.50. The van der Waals surface area contributed by atoms with Gasteiger partial charge in [0.1, 0.15) is 5.60 Å². The van der Waals surface area contributed by atoms with Gasteiger partial charge >= 0.3 is 0 Å². The Balaban J connectivity index is 1.38. The molecule has 5 heterocycles. The standard InChI is InChI=1S/C17H21N5O/c1-2-4-14-13(3-1)19-15(20-14)21-16-18-8-7-17(23-16)11-22-9-5-12(17)6-10-22/h1-4,12H,5-11H2,(H2,18,19,20,21). The van der Waals surface area contributed by atoms with Crippen molar-refractivity contribution in [3.63, 3.8) is 0 Å². The molecule has 23 heavy (non-hydrogen) atoms. The summed E-state index contributed by atoms with van der Waals surface area (Å²) in [4.78, 5) is 14.9. The number of ether oxygens (including phenoxy) is 1. The molecule has 4 aliphatic rings. The second-order valence-electron chi connectivity index (χ2n) is 6.88. The van der Waals surface area contributed by atoms with Gasteiger partial charge in [-0.1, -0.05) is 12.1 Å². The number of hydrogen-bond acceptors (Lipinski definition) is 5. The van der Waals surface area contributed by atoms with E-state index in [9.17, 15) is 0 Å². The Hall–Kier alpha value is -2.08. The quantitative estimate of drug-likeness (QED) is 0.847. The van der Waals surface area contributed by atoms with Crippen LogP contribution in [0.4, 0.5) is 5.95 Å². The molecular weight excluding hydrogens is 290 g/mol. The summed E-state index contributed by atoms with van der Waals surface area (Å²) in [6.45, 7) is 4.31. The lowest BCUT2D eigenvalue weighted by Gasteiger charge is -2.53. The van der Waals surface area contributed by atoms with E-state index in [1.54, 1.807) is 0 Å². The Bertz CT molecular complexity index is 728. The van der Waals surface area contributed by atoms with Crippen molar-refractivity contribution in [2.24, 2.45) is 10.9 Å². The highest BCUT2D eigenvalue weighted by Crippen LogP contribution is 2.42. The number of aliphatic imine (C=N–C) groups is 1. The van der Waals surface area contributed by atoms with Crippen LogP contribution < -0.4 is 5.32 Å². The first-order valence-corrected chi connectivity index (χ1v) is 8.48. The molecule has 0 amide bonds. The molecule has 0 aliphatic carbocycles. The number of imidazole rings is 1. The van der Waals surface area contributed by atoms with Crippen LogP contribution in [0.3, 0.4) is 0 Å². The van der Waals surface area contributed by atoms with E-state index in [2.05, 4.69) is 25.2 Å². The highest BCUT2D eigenvalue weighted by atomic mass is 16.5. The molecule has 6 nitrogen and oxygen atoms in total. The summed E-state index contributed by atoms with van der Waals surface area (Å²) in [7, 11) is 0. The van der Waals surface area contributed by atoms with Gasteiger partial charge in [-0.3, -0.25) is 10.2 Å². The molecule has 6 heteroatoms. The molecule has 6 rings (SSSR count). The maximum Gasteiger partial charge on any atom is 0.292 e. The van der Waals surface area contributed by atoms with E-state index in [1.165, 1.54) is 25.9 Å². The van der Waals surface area contributed by atoms with Gasteiger partial charge in [-0.25, -0.2) is 9.98 Å². The van der Waals surface area contributed by atoms with Crippen molar-refractivity contribution in [2.45, 2.75) is 24.9 Å². The van der Waals surface area contributed by atoms with Gasteiger partial charge in [0, 0.05) is 25.4 Å². The number of rotatable bonds is 1. The topological polar surface area (TPSA) is 65.5 Å². The zero-order valence-electron chi connectivity index (χ0n) is 13.1. The van der Waals surface area contributed by atoms with Crippen LogP contribution in [0.2, 0.25) is 0 Å². The number of aromatic nitrogens is 2. The van der Waals surface area contributed by atoms with Crippen LogP contribution in [0.1, 0.15) is 19.3 Å². The van der Waals surface area contributed by atoms with Crippen LogP contribution in [-0.4, -0.2) is 52.7 Å². The Morgan fingerprint density at radius 1 is 1.26 bits per heavy atom. The number of para-hydroxylation sites is 2. The molecule has 120 valence electrons. The summed E-state index contributed by atoms with van der Waals surface area (Å²) in [5.41, 5.74) is 1.92. The lowest BCUT2D eigenvalue weighted by molar-refractivity contribution is -0.109. The third-order valence-corrected chi connectivity index (χ3v) is 5.53. The Morgan fingerprint density at radius 3 is 2.91 bits per heavy atom. The van der Waals surface area contributed by atoms with E-state index in [-0.39, 0.29) is 5.60 Å². The third-order valence-electron chi connectivity index (χ3n) is 5.53. The predicted octanol–water partition coefficient (Wildman–Crippen LogP) is 2.22. The summed E-state index contributed by atoms with van der Waals surface area (Å²) < 4.78 is 6.39. The minimum Gasteiger partial charge on any atom is -0.457 e. The van der Waals surface area contributed by atoms with Crippen molar-refractivity contribution < 1.29 is 4.74 Å². The average molecular weight is 311 g/mol. The van der Waals surface area contributed by atoms with Crippen molar-refractivity contribution in [1.82, 2.24) is 14.9 Å². The number of H-pyrrole nitrogens is 1. The van der Waals surface area contributed by atoms with E-state index in [4.69, 9.17) is 4.74 Å². The van der Waals surface area contributed by atoms with Gasteiger partial charge in [0.25, 0.3) is 6.02 Å². The first-order chi connectivity index (χ1) is 11.3. The molecule has 1 aromatic heterocycles. The Labute approximate surface area is 134 Å². The van der Waals surface area contributed by atoms with Crippen LogP contribution in [0, 0.1) is 5.92 Å². The highest BCUT2D eigenvalue weighted by molar-refractivity contribution is 5.90. The smallest absolute Gasteiger partial charge is 0.292 e. The summed E-state index contributed by atoms with van der Waals surface area (Å²) in [6.07, 6.45) is 3.52. The fourth-order valence-corrected chi connectivity index (χ4v) is 4.32. The summed E-state index contributed by atoms with van der Waals surface area (Å²) in [5.74, 6) is 1.36. The maximum absolute atomic E-state index is 6.39. The molecule has 2 aromatic rings. The molecule has 2 bridgehead atoms. The Morgan fingerprint density at radius 2 is 2.13 bits per heavy atom. The van der Waals surface area contributed by atoms with Crippen LogP contribution in [0.25, 0.3) is 11.0 Å². The molecule has 4 aliphatic heterocycles.